The first-order chi connectivity index (χ1) is 12.7. The molecule has 134 valence electrons. The molecule has 0 bridgehead atoms. The molecule has 3 aromatic rings. The van der Waals surface area contributed by atoms with Gasteiger partial charge in [0.2, 0.25) is 5.91 Å². The number of nitrogens with one attached hydrogen (secondary N) is 1. The first-order valence-electron chi connectivity index (χ1n) is 8.19. The Bertz CT molecular complexity index is 884. The lowest BCUT2D eigenvalue weighted by atomic mass is 10.2. The van der Waals surface area contributed by atoms with E-state index >= 15 is 0 Å². The van der Waals surface area contributed by atoms with Gasteiger partial charge in [-0.2, -0.15) is 0 Å². The van der Waals surface area contributed by atoms with Crippen LogP contribution in [0, 0.1) is 5.82 Å². The zero-order valence-corrected chi connectivity index (χ0v) is 15.0. The number of hydrogen-bond acceptors (Lipinski definition) is 5. The molecule has 6 nitrogen and oxygen atoms in total. The van der Waals surface area contributed by atoms with Crippen LogP contribution >= 0.6 is 11.8 Å². The molecule has 0 aliphatic carbocycles. The number of rotatable bonds is 7. The van der Waals surface area contributed by atoms with Crippen LogP contribution in [-0.2, 0) is 11.3 Å². The molecule has 0 spiro atoms. The van der Waals surface area contributed by atoms with Crippen LogP contribution in [0.2, 0.25) is 0 Å². The maximum absolute atomic E-state index is 13.2. The van der Waals surface area contributed by atoms with Gasteiger partial charge >= 0.3 is 0 Å². The third-order valence-corrected chi connectivity index (χ3v) is 4.51. The minimum Gasteiger partial charge on any atom is -0.325 e. The van der Waals surface area contributed by atoms with Crippen molar-refractivity contribution in [3.63, 3.8) is 0 Å². The van der Waals surface area contributed by atoms with Crippen LogP contribution in [0.15, 0.2) is 53.9 Å². The van der Waals surface area contributed by atoms with E-state index in [4.69, 9.17) is 0 Å². The Kier molecular flexibility index (Phi) is 5.96. The Labute approximate surface area is 154 Å². The first-order valence-corrected chi connectivity index (χ1v) is 9.17. The van der Waals surface area contributed by atoms with Gasteiger partial charge < -0.3 is 9.88 Å². The van der Waals surface area contributed by atoms with E-state index in [1.165, 1.54) is 23.9 Å². The molecule has 0 radical (unpaired) electrons. The standard InChI is InChI=1S/C18H18FN5OS/c1-2-10-24-17(13-6-8-20-9-7-13)22-23-18(24)26-12-16(25)21-15-5-3-4-14(19)11-15/h3-9,11H,2,10,12H2,1H3,(H,21,25). The molecule has 0 atom stereocenters. The summed E-state index contributed by atoms with van der Waals surface area (Å²) in [5.74, 6) is 0.300. The van der Waals surface area contributed by atoms with E-state index in [9.17, 15) is 9.18 Å². The van der Waals surface area contributed by atoms with Crippen molar-refractivity contribution in [3.8, 4) is 11.4 Å². The van der Waals surface area contributed by atoms with Gasteiger partial charge in [-0.25, -0.2) is 4.39 Å². The Balaban J connectivity index is 1.69. The molecule has 1 N–H and O–H groups in total. The SMILES string of the molecule is CCCn1c(SCC(=O)Nc2cccc(F)c2)nnc1-c1ccncc1. The van der Waals surface area contributed by atoms with Gasteiger partial charge in [0.05, 0.1) is 5.75 Å². The predicted octanol–water partition coefficient (Wildman–Crippen LogP) is 3.62. The van der Waals surface area contributed by atoms with Crippen molar-refractivity contribution < 1.29 is 9.18 Å². The minimum absolute atomic E-state index is 0.161. The molecule has 26 heavy (non-hydrogen) atoms. The lowest BCUT2D eigenvalue weighted by molar-refractivity contribution is -0.113. The number of nitrogens with zero attached hydrogens (tertiary/aromatic N) is 4. The first kappa shape index (κ1) is 18.1. The quantitative estimate of drug-likeness (QED) is 0.642. The largest absolute Gasteiger partial charge is 0.325 e. The lowest BCUT2D eigenvalue weighted by Gasteiger charge is -2.09. The van der Waals surface area contributed by atoms with Crippen LogP contribution in [0.4, 0.5) is 10.1 Å². The third-order valence-electron chi connectivity index (χ3n) is 3.54. The zero-order chi connectivity index (χ0) is 18.4. The van der Waals surface area contributed by atoms with E-state index in [0.29, 0.717) is 10.8 Å². The average molecular weight is 371 g/mol. The molecule has 0 saturated carbocycles. The highest BCUT2D eigenvalue weighted by atomic mass is 32.2. The summed E-state index contributed by atoms with van der Waals surface area (Å²) in [5.41, 5.74) is 1.36. The summed E-state index contributed by atoms with van der Waals surface area (Å²) in [7, 11) is 0. The molecule has 1 amide bonds. The minimum atomic E-state index is -0.389. The zero-order valence-electron chi connectivity index (χ0n) is 14.2. The fourth-order valence-electron chi connectivity index (χ4n) is 2.43. The molecule has 8 heteroatoms. The molecule has 0 unspecified atom stereocenters. The Morgan fingerprint density at radius 1 is 1.23 bits per heavy atom. The second-order valence-electron chi connectivity index (χ2n) is 5.54. The molecule has 3 rings (SSSR count). The summed E-state index contributed by atoms with van der Waals surface area (Å²) < 4.78 is 15.2. The van der Waals surface area contributed by atoms with Gasteiger partial charge in [0.1, 0.15) is 5.82 Å². The van der Waals surface area contributed by atoms with Crippen LogP contribution in [0.5, 0.6) is 0 Å². The Morgan fingerprint density at radius 2 is 2.04 bits per heavy atom. The summed E-state index contributed by atoms with van der Waals surface area (Å²) in [6.07, 6.45) is 4.33. The molecule has 2 aromatic heterocycles. The summed E-state index contributed by atoms with van der Waals surface area (Å²) in [5, 5.41) is 11.8. The summed E-state index contributed by atoms with van der Waals surface area (Å²) in [6, 6.07) is 9.56. The maximum Gasteiger partial charge on any atom is 0.234 e. The number of carbonyl (C=O) groups is 1. The van der Waals surface area contributed by atoms with Crippen LogP contribution < -0.4 is 5.32 Å². The molecule has 2 heterocycles. The predicted molar refractivity (Wildman–Crippen MR) is 99.3 cm³/mol. The molecule has 0 aliphatic rings. The van der Waals surface area contributed by atoms with Gasteiger partial charge in [-0.1, -0.05) is 24.8 Å². The molecule has 0 saturated heterocycles. The topological polar surface area (TPSA) is 72.7 Å². The highest BCUT2D eigenvalue weighted by Crippen LogP contribution is 2.24. The number of anilines is 1. The van der Waals surface area contributed by atoms with Crippen LogP contribution in [0.25, 0.3) is 11.4 Å². The van der Waals surface area contributed by atoms with E-state index in [2.05, 4.69) is 27.4 Å². The maximum atomic E-state index is 13.2. The Morgan fingerprint density at radius 3 is 2.77 bits per heavy atom. The van der Waals surface area contributed by atoms with Crippen molar-refractivity contribution in [3.05, 3.63) is 54.6 Å². The van der Waals surface area contributed by atoms with Crippen molar-refractivity contribution in [2.24, 2.45) is 0 Å². The lowest BCUT2D eigenvalue weighted by Crippen LogP contribution is -2.14. The van der Waals surface area contributed by atoms with Gasteiger partial charge in [0.25, 0.3) is 0 Å². The number of halogens is 1. The van der Waals surface area contributed by atoms with Crippen molar-refractivity contribution in [1.29, 1.82) is 0 Å². The average Bonchev–Trinajstić information content (AvgIpc) is 3.04. The number of benzene rings is 1. The van der Waals surface area contributed by atoms with Crippen molar-refractivity contribution in [2.75, 3.05) is 11.1 Å². The van der Waals surface area contributed by atoms with Crippen LogP contribution in [-0.4, -0.2) is 31.4 Å². The molecular weight excluding hydrogens is 353 g/mol. The van der Waals surface area contributed by atoms with Crippen LogP contribution in [0.1, 0.15) is 13.3 Å². The number of carbonyl (C=O) groups excluding carboxylic acids is 1. The van der Waals surface area contributed by atoms with Crippen molar-refractivity contribution in [2.45, 2.75) is 25.0 Å². The van der Waals surface area contributed by atoms with Gasteiger partial charge in [-0.3, -0.25) is 9.78 Å². The third kappa shape index (κ3) is 4.45. The van der Waals surface area contributed by atoms with Crippen molar-refractivity contribution in [1.82, 2.24) is 19.7 Å². The highest BCUT2D eigenvalue weighted by molar-refractivity contribution is 7.99. The fraction of sp³-hybridized carbons (Fsp3) is 0.222. The van der Waals surface area contributed by atoms with E-state index in [1.54, 1.807) is 24.5 Å². The number of amides is 1. The summed E-state index contributed by atoms with van der Waals surface area (Å²) in [6.45, 7) is 2.82. The molecule has 0 fully saturated rings. The van der Waals surface area contributed by atoms with E-state index in [0.717, 1.165) is 24.4 Å². The summed E-state index contributed by atoms with van der Waals surface area (Å²) in [4.78, 5) is 16.1. The normalized spacial score (nSPS) is 10.7. The van der Waals surface area contributed by atoms with E-state index in [-0.39, 0.29) is 17.5 Å². The van der Waals surface area contributed by atoms with Gasteiger partial charge in [0, 0.05) is 30.2 Å². The second-order valence-corrected chi connectivity index (χ2v) is 6.48. The van der Waals surface area contributed by atoms with E-state index in [1.807, 2.05) is 16.7 Å². The monoisotopic (exact) mass is 371 g/mol. The van der Waals surface area contributed by atoms with Gasteiger partial charge in [-0.05, 0) is 36.8 Å². The van der Waals surface area contributed by atoms with Crippen LogP contribution in [0.3, 0.4) is 0 Å². The number of pyridine rings is 1. The van der Waals surface area contributed by atoms with Gasteiger partial charge in [0.15, 0.2) is 11.0 Å². The highest BCUT2D eigenvalue weighted by Gasteiger charge is 2.15. The smallest absolute Gasteiger partial charge is 0.234 e. The molecular formula is C18H18FN5OS. The Hall–Kier alpha value is -2.74. The summed E-state index contributed by atoms with van der Waals surface area (Å²) >= 11 is 1.30. The molecule has 1 aromatic carbocycles. The number of aromatic nitrogens is 4. The van der Waals surface area contributed by atoms with Gasteiger partial charge in [-0.15, -0.1) is 10.2 Å². The number of thioether (sulfide) groups is 1. The fourth-order valence-corrected chi connectivity index (χ4v) is 3.19. The van der Waals surface area contributed by atoms with E-state index < -0.39 is 0 Å². The van der Waals surface area contributed by atoms with Crippen molar-refractivity contribution >= 4 is 23.4 Å². The number of hydrogen-bond donors (Lipinski definition) is 1. The second kappa shape index (κ2) is 8.57. The molecule has 0 aliphatic heterocycles.